The molecular formula is C23H17ClF2N2O3S. The summed E-state index contributed by atoms with van der Waals surface area (Å²) in [6.45, 7) is 3.36. The molecule has 1 atom stereocenters. The lowest BCUT2D eigenvalue weighted by atomic mass is 9.95. The molecule has 5 nitrogen and oxygen atoms in total. The number of aromatic nitrogens is 1. The Morgan fingerprint density at radius 2 is 1.94 bits per heavy atom. The van der Waals surface area contributed by atoms with Crippen molar-refractivity contribution < 1.29 is 18.3 Å². The molecule has 164 valence electrons. The Bertz CT molecular complexity index is 1420. The highest BCUT2D eigenvalue weighted by Crippen LogP contribution is 2.32. The number of hydrogen-bond acceptors (Lipinski definition) is 5. The first-order chi connectivity index (χ1) is 15.3. The third-order valence-electron chi connectivity index (χ3n) is 4.99. The zero-order chi connectivity index (χ0) is 23.0. The average Bonchev–Trinajstić information content (AvgIpc) is 3.05. The molecule has 9 heteroatoms. The Balaban J connectivity index is 2.02. The molecule has 2 aromatic carbocycles. The van der Waals surface area contributed by atoms with Crippen molar-refractivity contribution in [2.45, 2.75) is 19.9 Å². The SMILES string of the molecule is CCOC(=O)C1=C(C)N=c2s/c(=C/c3c(F)cccc3Cl)c(=O)n2C1c1ccccc1F. The van der Waals surface area contributed by atoms with Gasteiger partial charge in [0, 0.05) is 11.1 Å². The van der Waals surface area contributed by atoms with Crippen LogP contribution in [-0.4, -0.2) is 17.1 Å². The summed E-state index contributed by atoms with van der Waals surface area (Å²) in [5, 5.41) is 0.143. The first kappa shape index (κ1) is 22.1. The number of fused-ring (bicyclic) bond motifs is 1. The molecule has 0 saturated heterocycles. The van der Waals surface area contributed by atoms with Gasteiger partial charge in [0.05, 0.1) is 27.4 Å². The minimum Gasteiger partial charge on any atom is -0.463 e. The molecule has 0 amide bonds. The van der Waals surface area contributed by atoms with E-state index in [-0.39, 0.29) is 37.7 Å². The largest absolute Gasteiger partial charge is 0.463 e. The highest BCUT2D eigenvalue weighted by Gasteiger charge is 2.34. The van der Waals surface area contributed by atoms with Gasteiger partial charge in [0.1, 0.15) is 17.7 Å². The van der Waals surface area contributed by atoms with Gasteiger partial charge in [-0.2, -0.15) is 0 Å². The Kier molecular flexibility index (Phi) is 6.08. The third-order valence-corrected chi connectivity index (χ3v) is 6.30. The van der Waals surface area contributed by atoms with Gasteiger partial charge in [-0.15, -0.1) is 0 Å². The fourth-order valence-corrected chi connectivity index (χ4v) is 4.81. The summed E-state index contributed by atoms with van der Waals surface area (Å²) >= 11 is 7.11. The predicted molar refractivity (Wildman–Crippen MR) is 118 cm³/mol. The second-order valence-electron chi connectivity index (χ2n) is 6.96. The van der Waals surface area contributed by atoms with Crippen molar-refractivity contribution in [3.05, 3.63) is 101 Å². The minimum atomic E-state index is -1.08. The highest BCUT2D eigenvalue weighted by atomic mass is 35.5. The van der Waals surface area contributed by atoms with Crippen LogP contribution in [0.15, 0.2) is 63.5 Å². The molecule has 3 aromatic rings. The smallest absolute Gasteiger partial charge is 0.338 e. The molecule has 2 heterocycles. The second kappa shape index (κ2) is 8.80. The van der Waals surface area contributed by atoms with E-state index in [1.165, 1.54) is 47.0 Å². The van der Waals surface area contributed by atoms with E-state index in [0.717, 1.165) is 11.3 Å². The molecule has 0 N–H and O–H groups in total. The molecule has 0 aliphatic carbocycles. The maximum absolute atomic E-state index is 14.8. The number of carbonyl (C=O) groups excluding carboxylic acids is 1. The van der Waals surface area contributed by atoms with Crippen LogP contribution in [0.5, 0.6) is 0 Å². The molecule has 1 aliphatic heterocycles. The first-order valence-electron chi connectivity index (χ1n) is 9.71. The Morgan fingerprint density at radius 3 is 2.62 bits per heavy atom. The number of allylic oxidation sites excluding steroid dienone is 1. The molecule has 0 spiro atoms. The molecule has 1 aromatic heterocycles. The van der Waals surface area contributed by atoms with Gasteiger partial charge in [-0.05, 0) is 38.1 Å². The van der Waals surface area contributed by atoms with Crippen LogP contribution in [0.1, 0.15) is 31.0 Å². The summed E-state index contributed by atoms with van der Waals surface area (Å²) in [4.78, 5) is 30.8. The van der Waals surface area contributed by atoms with Crippen LogP contribution in [-0.2, 0) is 9.53 Å². The van der Waals surface area contributed by atoms with E-state index in [0.29, 0.717) is 5.70 Å². The van der Waals surface area contributed by atoms with Crippen molar-refractivity contribution >= 4 is 35.0 Å². The standard InChI is InChI=1S/C23H17ClF2N2O3S/c1-3-31-22(30)19-12(2)27-23-28(20(19)13-7-4-5-9-16(13)25)21(29)18(32-23)11-14-15(24)8-6-10-17(14)26/h4-11,20H,3H2,1-2H3/b18-11+. The number of thiazole rings is 1. The highest BCUT2D eigenvalue weighted by molar-refractivity contribution is 7.07. The molecule has 32 heavy (non-hydrogen) atoms. The summed E-state index contributed by atoms with van der Waals surface area (Å²) in [7, 11) is 0. The van der Waals surface area contributed by atoms with Crippen molar-refractivity contribution in [2.24, 2.45) is 4.99 Å². The first-order valence-corrected chi connectivity index (χ1v) is 10.9. The summed E-state index contributed by atoms with van der Waals surface area (Å²) < 4.78 is 35.7. The summed E-state index contributed by atoms with van der Waals surface area (Å²) in [6, 6.07) is 9.02. The van der Waals surface area contributed by atoms with Gasteiger partial charge in [0.15, 0.2) is 4.80 Å². The number of hydrogen-bond donors (Lipinski definition) is 0. The Hall–Kier alpha value is -3.10. The number of esters is 1. The van der Waals surface area contributed by atoms with Crippen LogP contribution >= 0.6 is 22.9 Å². The van der Waals surface area contributed by atoms with E-state index in [9.17, 15) is 18.4 Å². The Labute approximate surface area is 190 Å². The van der Waals surface area contributed by atoms with Crippen molar-refractivity contribution in [2.75, 3.05) is 6.61 Å². The van der Waals surface area contributed by atoms with E-state index in [2.05, 4.69) is 4.99 Å². The molecule has 0 radical (unpaired) electrons. The van der Waals surface area contributed by atoms with E-state index >= 15 is 0 Å². The van der Waals surface area contributed by atoms with Gasteiger partial charge in [-0.25, -0.2) is 18.6 Å². The van der Waals surface area contributed by atoms with Crippen LogP contribution in [0.25, 0.3) is 6.08 Å². The zero-order valence-corrected chi connectivity index (χ0v) is 18.6. The van der Waals surface area contributed by atoms with Crippen molar-refractivity contribution in [3.8, 4) is 0 Å². The lowest BCUT2D eigenvalue weighted by Gasteiger charge is -2.24. The fraction of sp³-hybridized carbons (Fsp3) is 0.174. The van der Waals surface area contributed by atoms with Crippen LogP contribution in [0, 0.1) is 11.6 Å². The fourth-order valence-electron chi connectivity index (χ4n) is 3.56. The van der Waals surface area contributed by atoms with Crippen LogP contribution in [0.2, 0.25) is 5.02 Å². The monoisotopic (exact) mass is 474 g/mol. The topological polar surface area (TPSA) is 60.7 Å². The molecule has 0 fully saturated rings. The lowest BCUT2D eigenvalue weighted by molar-refractivity contribution is -0.139. The van der Waals surface area contributed by atoms with Gasteiger partial charge >= 0.3 is 5.97 Å². The second-order valence-corrected chi connectivity index (χ2v) is 8.38. The van der Waals surface area contributed by atoms with Crippen molar-refractivity contribution in [1.29, 1.82) is 0 Å². The number of rotatable bonds is 4. The molecule has 4 rings (SSSR count). The Morgan fingerprint density at radius 1 is 1.22 bits per heavy atom. The van der Waals surface area contributed by atoms with Gasteiger partial charge < -0.3 is 4.74 Å². The number of carbonyl (C=O) groups is 1. The number of halogens is 3. The van der Waals surface area contributed by atoms with Gasteiger partial charge in [-0.1, -0.05) is 47.2 Å². The quantitative estimate of drug-likeness (QED) is 0.541. The molecule has 0 bridgehead atoms. The number of nitrogens with zero attached hydrogens (tertiary/aromatic N) is 2. The van der Waals surface area contributed by atoms with Crippen molar-refractivity contribution in [1.82, 2.24) is 4.57 Å². The van der Waals surface area contributed by atoms with Crippen LogP contribution in [0.3, 0.4) is 0 Å². The van der Waals surface area contributed by atoms with Crippen molar-refractivity contribution in [3.63, 3.8) is 0 Å². The van der Waals surface area contributed by atoms with E-state index < -0.39 is 29.2 Å². The van der Waals surface area contributed by atoms with Gasteiger partial charge in [0.25, 0.3) is 5.56 Å². The number of benzene rings is 2. The summed E-state index contributed by atoms with van der Waals surface area (Å²) in [6.07, 6.45) is 1.34. The number of ether oxygens (including phenoxy) is 1. The van der Waals surface area contributed by atoms with Crippen LogP contribution in [0.4, 0.5) is 8.78 Å². The zero-order valence-electron chi connectivity index (χ0n) is 17.1. The maximum atomic E-state index is 14.8. The molecule has 0 saturated carbocycles. The van der Waals surface area contributed by atoms with E-state index in [4.69, 9.17) is 16.3 Å². The normalized spacial score (nSPS) is 16.0. The molecule has 1 unspecified atom stereocenters. The molecular weight excluding hydrogens is 458 g/mol. The van der Waals surface area contributed by atoms with Gasteiger partial charge in [0.2, 0.25) is 0 Å². The molecule has 1 aliphatic rings. The lowest BCUT2D eigenvalue weighted by Crippen LogP contribution is -2.40. The summed E-state index contributed by atoms with van der Waals surface area (Å²) in [5.74, 6) is -1.86. The maximum Gasteiger partial charge on any atom is 0.338 e. The van der Waals surface area contributed by atoms with Crippen LogP contribution < -0.4 is 14.9 Å². The van der Waals surface area contributed by atoms with Gasteiger partial charge in [-0.3, -0.25) is 9.36 Å². The van der Waals surface area contributed by atoms with E-state index in [1.807, 2.05) is 0 Å². The van der Waals surface area contributed by atoms with E-state index in [1.54, 1.807) is 19.9 Å². The minimum absolute atomic E-state index is 0.0585. The summed E-state index contributed by atoms with van der Waals surface area (Å²) in [5.41, 5.74) is 0.0218. The predicted octanol–water partition coefficient (Wildman–Crippen LogP) is 3.73. The average molecular weight is 475 g/mol. The third kappa shape index (κ3) is 3.80.